The molecule has 1 aliphatic heterocycles. The number of nitrogens with zero attached hydrogens (tertiary/aromatic N) is 1. The largest absolute Gasteiger partial charge is 0.461 e. The molecule has 6 nitrogen and oxygen atoms in total. The third kappa shape index (κ3) is 3.51. The molecule has 138 valence electrons. The number of hydrogen-bond acceptors (Lipinski definition) is 4. The second-order valence-corrected chi connectivity index (χ2v) is 6.37. The lowest BCUT2D eigenvalue weighted by Crippen LogP contribution is -2.42. The van der Waals surface area contributed by atoms with Crippen molar-refractivity contribution in [1.82, 2.24) is 9.88 Å². The Bertz CT molecular complexity index is 798. The first-order valence-electron chi connectivity index (χ1n) is 8.85. The molecule has 0 spiro atoms. The standard InChI is InChI=1S/C20H24N2O4/c1-4-25-20(24)18-13(2)17(14(3)21-18)19(23)22-10-11-26-16(12-22)15-8-6-5-7-9-15/h5-9,16,21H,4,10-12H2,1-3H3/t16-/m1/s1. The maximum absolute atomic E-state index is 13.1. The van der Waals surface area contributed by atoms with Crippen molar-refractivity contribution < 1.29 is 19.1 Å². The minimum Gasteiger partial charge on any atom is -0.461 e. The van der Waals surface area contributed by atoms with Gasteiger partial charge in [-0.2, -0.15) is 0 Å². The number of esters is 1. The van der Waals surface area contributed by atoms with Crippen molar-refractivity contribution in [2.24, 2.45) is 0 Å². The number of carbonyl (C=O) groups is 2. The van der Waals surface area contributed by atoms with Crippen LogP contribution in [-0.4, -0.2) is 48.1 Å². The number of aromatic amines is 1. The van der Waals surface area contributed by atoms with Crippen molar-refractivity contribution in [3.8, 4) is 0 Å². The number of ether oxygens (including phenoxy) is 2. The van der Waals surface area contributed by atoms with Gasteiger partial charge in [0.25, 0.3) is 5.91 Å². The van der Waals surface area contributed by atoms with Crippen molar-refractivity contribution in [2.45, 2.75) is 26.9 Å². The zero-order valence-electron chi connectivity index (χ0n) is 15.4. The quantitative estimate of drug-likeness (QED) is 0.855. The van der Waals surface area contributed by atoms with Gasteiger partial charge in [-0.25, -0.2) is 4.79 Å². The zero-order chi connectivity index (χ0) is 18.7. The van der Waals surface area contributed by atoms with Crippen LogP contribution in [0.2, 0.25) is 0 Å². The molecular formula is C20H24N2O4. The number of amides is 1. The molecule has 0 bridgehead atoms. The Morgan fingerprint density at radius 3 is 2.69 bits per heavy atom. The van der Waals surface area contributed by atoms with Gasteiger partial charge in [0.1, 0.15) is 11.8 Å². The molecule has 0 saturated carbocycles. The highest BCUT2D eigenvalue weighted by atomic mass is 16.5. The number of H-pyrrole nitrogens is 1. The molecule has 1 fully saturated rings. The number of rotatable bonds is 4. The monoisotopic (exact) mass is 356 g/mol. The third-order valence-electron chi connectivity index (χ3n) is 4.66. The number of benzene rings is 1. The van der Waals surface area contributed by atoms with Crippen LogP contribution in [0.5, 0.6) is 0 Å². The van der Waals surface area contributed by atoms with Gasteiger partial charge in [0.2, 0.25) is 0 Å². The van der Waals surface area contributed by atoms with Crippen LogP contribution in [0.25, 0.3) is 0 Å². The molecule has 1 N–H and O–H groups in total. The first-order valence-corrected chi connectivity index (χ1v) is 8.85. The Morgan fingerprint density at radius 1 is 1.27 bits per heavy atom. The lowest BCUT2D eigenvalue weighted by Gasteiger charge is -2.33. The van der Waals surface area contributed by atoms with Crippen LogP contribution in [0, 0.1) is 13.8 Å². The van der Waals surface area contributed by atoms with Crippen LogP contribution in [0.3, 0.4) is 0 Å². The molecule has 0 radical (unpaired) electrons. The van der Waals surface area contributed by atoms with E-state index < -0.39 is 5.97 Å². The van der Waals surface area contributed by atoms with Gasteiger partial charge < -0.3 is 19.4 Å². The summed E-state index contributed by atoms with van der Waals surface area (Å²) in [4.78, 5) is 30.0. The van der Waals surface area contributed by atoms with Gasteiger partial charge in [-0.15, -0.1) is 0 Å². The topological polar surface area (TPSA) is 71.6 Å². The number of aromatic nitrogens is 1. The molecule has 1 aromatic carbocycles. The van der Waals surface area contributed by atoms with E-state index in [1.165, 1.54) is 0 Å². The molecule has 0 aliphatic carbocycles. The average molecular weight is 356 g/mol. The molecule has 2 heterocycles. The SMILES string of the molecule is CCOC(=O)c1[nH]c(C)c(C(=O)N2CCO[C@@H](c3ccccc3)C2)c1C. The Morgan fingerprint density at radius 2 is 2.00 bits per heavy atom. The second kappa shape index (κ2) is 7.74. The minimum atomic E-state index is -0.434. The fourth-order valence-corrected chi connectivity index (χ4v) is 3.34. The fourth-order valence-electron chi connectivity index (χ4n) is 3.34. The van der Waals surface area contributed by atoms with Gasteiger partial charge in [0, 0.05) is 12.2 Å². The van der Waals surface area contributed by atoms with Crippen LogP contribution in [0.4, 0.5) is 0 Å². The Labute approximate surface area is 153 Å². The molecule has 1 atom stereocenters. The molecule has 6 heteroatoms. The van der Waals surface area contributed by atoms with Crippen LogP contribution in [0.1, 0.15) is 50.7 Å². The number of aryl methyl sites for hydroxylation is 1. The van der Waals surface area contributed by atoms with Crippen LogP contribution >= 0.6 is 0 Å². The van der Waals surface area contributed by atoms with Crippen molar-refractivity contribution in [3.05, 3.63) is 58.4 Å². The van der Waals surface area contributed by atoms with E-state index in [1.807, 2.05) is 30.3 Å². The molecule has 0 unspecified atom stereocenters. The minimum absolute atomic E-state index is 0.0870. The molecule has 3 rings (SSSR count). The zero-order valence-corrected chi connectivity index (χ0v) is 15.4. The van der Waals surface area contributed by atoms with Gasteiger partial charge in [-0.1, -0.05) is 30.3 Å². The summed E-state index contributed by atoms with van der Waals surface area (Å²) < 4.78 is 10.9. The van der Waals surface area contributed by atoms with Crippen LogP contribution in [0.15, 0.2) is 30.3 Å². The Kier molecular flexibility index (Phi) is 5.42. The smallest absolute Gasteiger partial charge is 0.355 e. The van der Waals surface area contributed by atoms with Crippen molar-refractivity contribution in [2.75, 3.05) is 26.3 Å². The van der Waals surface area contributed by atoms with E-state index >= 15 is 0 Å². The van der Waals surface area contributed by atoms with E-state index in [4.69, 9.17) is 9.47 Å². The van der Waals surface area contributed by atoms with E-state index in [0.717, 1.165) is 5.56 Å². The Balaban J connectivity index is 1.82. The normalized spacial score (nSPS) is 17.2. The molecule has 26 heavy (non-hydrogen) atoms. The molecule has 1 aromatic heterocycles. The van der Waals surface area contributed by atoms with E-state index in [0.29, 0.717) is 48.8 Å². The van der Waals surface area contributed by atoms with E-state index in [-0.39, 0.29) is 12.0 Å². The summed E-state index contributed by atoms with van der Waals surface area (Å²) in [5, 5.41) is 0. The summed E-state index contributed by atoms with van der Waals surface area (Å²) in [5.41, 5.74) is 3.26. The van der Waals surface area contributed by atoms with E-state index in [1.54, 1.807) is 25.7 Å². The number of morpholine rings is 1. The number of hydrogen-bond donors (Lipinski definition) is 1. The summed E-state index contributed by atoms with van der Waals surface area (Å²) in [6.45, 7) is 7.13. The van der Waals surface area contributed by atoms with Gasteiger partial charge in [-0.05, 0) is 31.9 Å². The van der Waals surface area contributed by atoms with E-state index in [9.17, 15) is 9.59 Å². The fraction of sp³-hybridized carbons (Fsp3) is 0.400. The number of carbonyl (C=O) groups excluding carboxylic acids is 2. The molecule has 2 aromatic rings. The maximum Gasteiger partial charge on any atom is 0.355 e. The van der Waals surface area contributed by atoms with Crippen LogP contribution in [-0.2, 0) is 9.47 Å². The first kappa shape index (κ1) is 18.2. The van der Waals surface area contributed by atoms with Crippen molar-refractivity contribution in [3.63, 3.8) is 0 Å². The van der Waals surface area contributed by atoms with Gasteiger partial charge in [0.15, 0.2) is 0 Å². The van der Waals surface area contributed by atoms with Crippen molar-refractivity contribution in [1.29, 1.82) is 0 Å². The summed E-state index contributed by atoms with van der Waals surface area (Å²) >= 11 is 0. The maximum atomic E-state index is 13.1. The molecule has 1 amide bonds. The van der Waals surface area contributed by atoms with Crippen LogP contribution < -0.4 is 0 Å². The highest BCUT2D eigenvalue weighted by Crippen LogP contribution is 2.26. The van der Waals surface area contributed by atoms with Gasteiger partial charge >= 0.3 is 5.97 Å². The first-order chi connectivity index (χ1) is 12.5. The highest BCUT2D eigenvalue weighted by Gasteiger charge is 2.30. The predicted octanol–water partition coefficient (Wildman–Crippen LogP) is 3.02. The predicted molar refractivity (Wildman–Crippen MR) is 97.3 cm³/mol. The summed E-state index contributed by atoms with van der Waals surface area (Å²) in [5.74, 6) is -0.521. The van der Waals surface area contributed by atoms with Gasteiger partial charge in [-0.3, -0.25) is 4.79 Å². The molecule has 1 saturated heterocycles. The second-order valence-electron chi connectivity index (χ2n) is 6.37. The van der Waals surface area contributed by atoms with Gasteiger partial charge in [0.05, 0.1) is 25.3 Å². The lowest BCUT2D eigenvalue weighted by atomic mass is 10.1. The summed E-state index contributed by atoms with van der Waals surface area (Å²) in [6.07, 6.45) is -0.141. The Hall–Kier alpha value is -2.60. The summed E-state index contributed by atoms with van der Waals surface area (Å²) in [6, 6.07) is 9.89. The third-order valence-corrected chi connectivity index (χ3v) is 4.66. The average Bonchev–Trinajstić information content (AvgIpc) is 2.96. The summed E-state index contributed by atoms with van der Waals surface area (Å²) in [7, 11) is 0. The molecular weight excluding hydrogens is 332 g/mol. The van der Waals surface area contributed by atoms with Crippen molar-refractivity contribution >= 4 is 11.9 Å². The number of nitrogens with one attached hydrogen (secondary N) is 1. The lowest BCUT2D eigenvalue weighted by molar-refractivity contribution is -0.0228. The highest BCUT2D eigenvalue weighted by molar-refractivity contribution is 6.01. The molecule has 1 aliphatic rings. The van der Waals surface area contributed by atoms with E-state index in [2.05, 4.69) is 4.98 Å².